The summed E-state index contributed by atoms with van der Waals surface area (Å²) in [7, 11) is -2.24. The molecule has 0 atom stereocenters. The van der Waals surface area contributed by atoms with Gasteiger partial charge in [0.1, 0.15) is 55.0 Å². The fourth-order valence-corrected chi connectivity index (χ4v) is 11.5. The molecule has 0 aliphatic carbocycles. The molecule has 438 valence electrons. The number of rotatable bonds is 15. The van der Waals surface area contributed by atoms with Crippen LogP contribution in [-0.4, -0.2) is 127 Å². The molecule has 82 heavy (non-hydrogen) atoms. The number of hydrogen-bond acceptors (Lipinski definition) is 11. The van der Waals surface area contributed by atoms with Crippen LogP contribution in [0.25, 0.3) is 44.3 Å². The first-order valence-electron chi connectivity index (χ1n) is 26.7. The lowest BCUT2D eigenvalue weighted by atomic mass is 10.0. The normalized spacial score (nSPS) is 15.1. The lowest BCUT2D eigenvalue weighted by Crippen LogP contribution is -2.48. The minimum absolute atomic E-state index is 0. The van der Waals surface area contributed by atoms with Gasteiger partial charge in [0.2, 0.25) is 5.95 Å². The van der Waals surface area contributed by atoms with E-state index < -0.39 is 40.6 Å². The molecule has 0 saturated carbocycles. The summed E-state index contributed by atoms with van der Waals surface area (Å²) in [6.07, 6.45) is 2.96. The van der Waals surface area contributed by atoms with E-state index in [1.807, 2.05) is 73.8 Å². The lowest BCUT2D eigenvalue weighted by Gasteiger charge is -2.35. The van der Waals surface area contributed by atoms with E-state index in [1.165, 1.54) is 17.8 Å². The van der Waals surface area contributed by atoms with E-state index in [-0.39, 0.29) is 19.8 Å². The topological polar surface area (TPSA) is 124 Å². The van der Waals surface area contributed by atoms with Crippen molar-refractivity contribution in [1.29, 1.82) is 0 Å². The van der Waals surface area contributed by atoms with Crippen molar-refractivity contribution in [2.24, 2.45) is 4.99 Å². The molecule has 12 rings (SSSR count). The van der Waals surface area contributed by atoms with E-state index >= 15 is 0 Å². The lowest BCUT2D eigenvalue weighted by molar-refractivity contribution is 0.0818. The predicted octanol–water partition coefficient (Wildman–Crippen LogP) is 15.0. The molecule has 0 bridgehead atoms. The molecule has 5 aromatic heterocycles. The molecule has 0 spiro atoms. The van der Waals surface area contributed by atoms with E-state index in [1.54, 1.807) is 18.5 Å². The van der Waals surface area contributed by atoms with Gasteiger partial charge in [-0.05, 0) is 96.5 Å². The molecule has 23 heteroatoms. The van der Waals surface area contributed by atoms with Gasteiger partial charge in [-0.1, -0.05) is 101 Å². The van der Waals surface area contributed by atoms with Crippen LogP contribution in [0.2, 0.25) is 51.4 Å². The first-order valence-corrected chi connectivity index (χ1v) is 36.5. The maximum absolute atomic E-state index is 13.5. The minimum atomic E-state index is -1.12. The number of nitrogens with zero attached hydrogens (tertiary/aromatic N) is 10. The smallest absolute Gasteiger partial charge is 0.213 e. The van der Waals surface area contributed by atoms with Gasteiger partial charge in [-0.3, -0.25) is 4.99 Å². The SMILES string of the molecule is C.C[Si](C)(C)CCOCn1nc(-c2ccnc(F)c2)c2cc(Br)ccc21.C[Si](C)(C)CCOCn1nc(-c2ccnc(N3CC(F)C3)c2)c2cc(Br)ccc21.Cl.FC1CN(c2cc(C3=NCc4ccc(Br)cc43)ccn2)C1.FC1CNC1. The molecule has 13 nitrogen and oxygen atoms in total. The number of alkyl halides is 3. The zero-order valence-corrected chi connectivity index (χ0v) is 53.7. The fraction of sp³-hybridized carbons (Fsp3) is 0.390. The Hall–Kier alpha value is -4.92. The number of aliphatic imine (C=N–C) groups is 1. The van der Waals surface area contributed by atoms with Crippen LogP contribution in [-0.2, 0) is 29.5 Å². The van der Waals surface area contributed by atoms with Crippen LogP contribution in [0.3, 0.4) is 0 Å². The number of fused-ring (bicyclic) bond motifs is 3. The maximum atomic E-state index is 13.5. The molecule has 0 radical (unpaired) electrons. The molecule has 3 fully saturated rings. The van der Waals surface area contributed by atoms with Crippen molar-refractivity contribution in [3.05, 3.63) is 146 Å². The van der Waals surface area contributed by atoms with Gasteiger partial charge in [0.15, 0.2) is 0 Å². The summed E-state index contributed by atoms with van der Waals surface area (Å²) in [6.45, 7) is 19.8. The molecular formula is C59H71Br3ClF4N11O2Si2. The van der Waals surface area contributed by atoms with Crippen LogP contribution >= 0.6 is 60.2 Å². The van der Waals surface area contributed by atoms with E-state index in [0.29, 0.717) is 64.8 Å². The monoisotopic (exact) mass is 1370 g/mol. The first kappa shape index (κ1) is 64.6. The van der Waals surface area contributed by atoms with Crippen LogP contribution in [0.4, 0.5) is 29.2 Å². The van der Waals surface area contributed by atoms with Crippen molar-refractivity contribution in [2.75, 3.05) is 62.3 Å². The third kappa shape index (κ3) is 17.1. The number of benzene rings is 3. The number of pyridine rings is 3. The molecule has 3 aromatic carbocycles. The van der Waals surface area contributed by atoms with Crippen molar-refractivity contribution in [2.45, 2.75) is 97.3 Å². The van der Waals surface area contributed by atoms with Crippen molar-refractivity contribution in [3.63, 3.8) is 0 Å². The van der Waals surface area contributed by atoms with Crippen LogP contribution in [0, 0.1) is 5.95 Å². The highest BCUT2D eigenvalue weighted by atomic mass is 79.9. The van der Waals surface area contributed by atoms with Gasteiger partial charge in [-0.25, -0.2) is 37.5 Å². The third-order valence-corrected chi connectivity index (χ3v) is 18.6. The Bertz CT molecular complexity index is 3460. The Labute approximate surface area is 511 Å². The Kier molecular flexibility index (Phi) is 22.7. The van der Waals surface area contributed by atoms with E-state index in [0.717, 1.165) is 106 Å². The highest BCUT2D eigenvalue weighted by Crippen LogP contribution is 2.34. The second-order valence-corrected chi connectivity index (χ2v) is 36.6. The zero-order valence-electron chi connectivity index (χ0n) is 46.2. The van der Waals surface area contributed by atoms with Crippen molar-refractivity contribution >= 4 is 115 Å². The molecule has 0 unspecified atom stereocenters. The molecular weight excluding hydrogens is 1300 g/mol. The van der Waals surface area contributed by atoms with E-state index in [2.05, 4.69) is 142 Å². The Morgan fingerprint density at radius 1 is 0.573 bits per heavy atom. The van der Waals surface area contributed by atoms with Gasteiger partial charge in [-0.15, -0.1) is 12.4 Å². The number of halogens is 8. The van der Waals surface area contributed by atoms with Gasteiger partial charge < -0.3 is 24.6 Å². The summed E-state index contributed by atoms with van der Waals surface area (Å²) in [4.78, 5) is 20.9. The fourth-order valence-electron chi connectivity index (χ4n) is 8.89. The molecule has 4 aliphatic rings. The van der Waals surface area contributed by atoms with Gasteiger partial charge in [0.05, 0.1) is 49.5 Å². The number of nitrogens with one attached hydrogen (secondary N) is 1. The van der Waals surface area contributed by atoms with Crippen LogP contribution in [0.5, 0.6) is 0 Å². The minimum Gasteiger partial charge on any atom is -0.360 e. The Balaban J connectivity index is 0.000000169. The molecule has 8 aromatic rings. The highest BCUT2D eigenvalue weighted by molar-refractivity contribution is 9.11. The zero-order chi connectivity index (χ0) is 56.7. The average molecular weight is 1370 g/mol. The molecule has 1 N–H and O–H groups in total. The Morgan fingerprint density at radius 3 is 1.46 bits per heavy atom. The highest BCUT2D eigenvalue weighted by Gasteiger charge is 2.29. The summed E-state index contributed by atoms with van der Waals surface area (Å²) in [5, 5.41) is 14.3. The van der Waals surface area contributed by atoms with Crippen molar-refractivity contribution < 1.29 is 27.0 Å². The number of aromatic nitrogens is 7. The van der Waals surface area contributed by atoms with Gasteiger partial charge in [-0.2, -0.15) is 14.6 Å². The van der Waals surface area contributed by atoms with Crippen molar-refractivity contribution in [1.82, 2.24) is 39.8 Å². The molecule has 0 amide bonds. The molecule has 4 aliphatic heterocycles. The second kappa shape index (κ2) is 28.8. The second-order valence-electron chi connectivity index (χ2n) is 22.6. The van der Waals surface area contributed by atoms with E-state index in [4.69, 9.17) is 14.6 Å². The predicted molar refractivity (Wildman–Crippen MR) is 343 cm³/mol. The quantitative estimate of drug-likeness (QED) is 0.0459. The maximum Gasteiger partial charge on any atom is 0.213 e. The average Bonchev–Trinajstić information content (AvgIpc) is 4.14. The molecule has 9 heterocycles. The summed E-state index contributed by atoms with van der Waals surface area (Å²) >= 11 is 10.6. The standard InChI is InChI=1S/C21H26BrFN4OSi.C18H21BrFN3OSi.C16H13BrFN3.C3H6FN.CH4.ClH/c1-29(2,3)9-8-28-14-27-19-5-4-16(22)11-18(19)21(25-27)15-6-7-24-20(10-15)26-12-17(23)13-26;1-25(2,3)9-8-24-12-23-16-5-4-14(19)11-15(16)18(22-23)13-6-7-21-17(20)10-13;17-12-2-1-11-7-20-16(14(11)6-12)10-3-4-19-15(5-10)21-8-13(18)9-21;4-3-1-5-2-3;;/h4-7,10-11,17H,8-9,12-14H2,1-3H3;4-7,10-11H,8-9,12H2,1-3H3;1-6,13H,7-9H2;3,5H,1-2H2;1H4;1H. The number of anilines is 2. The third-order valence-electron chi connectivity index (χ3n) is 13.7. The number of ether oxygens (including phenoxy) is 2. The first-order chi connectivity index (χ1) is 38.2. The van der Waals surface area contributed by atoms with Crippen LogP contribution < -0.4 is 15.1 Å². The van der Waals surface area contributed by atoms with Gasteiger partial charge in [0, 0.05) is 114 Å². The van der Waals surface area contributed by atoms with Crippen LogP contribution in [0.1, 0.15) is 24.1 Å². The van der Waals surface area contributed by atoms with Crippen molar-refractivity contribution in [3.8, 4) is 22.5 Å². The van der Waals surface area contributed by atoms with Gasteiger partial charge >= 0.3 is 0 Å². The van der Waals surface area contributed by atoms with Gasteiger partial charge in [0.25, 0.3) is 0 Å². The van der Waals surface area contributed by atoms with E-state index in [9.17, 15) is 17.6 Å². The Morgan fingerprint density at radius 2 is 1.01 bits per heavy atom. The molecule has 3 saturated heterocycles. The van der Waals surface area contributed by atoms with Crippen LogP contribution in [0.15, 0.2) is 128 Å². The summed E-state index contributed by atoms with van der Waals surface area (Å²) < 4.78 is 69.8. The summed E-state index contributed by atoms with van der Waals surface area (Å²) in [6, 6.07) is 31.7. The largest absolute Gasteiger partial charge is 0.360 e. The summed E-state index contributed by atoms with van der Waals surface area (Å²) in [5.41, 5.74) is 9.71. The number of hydrogen-bond donors (Lipinski definition) is 1. The summed E-state index contributed by atoms with van der Waals surface area (Å²) in [5.74, 6) is 1.11.